The average Bonchev–Trinajstić information content (AvgIpc) is 1.99. The summed E-state index contributed by atoms with van der Waals surface area (Å²) in [5.41, 5.74) is 1.55. The van der Waals surface area contributed by atoms with Crippen LogP contribution in [0.15, 0.2) is 6.07 Å². The maximum absolute atomic E-state index is 8.94. The molecule has 0 aliphatic rings. The summed E-state index contributed by atoms with van der Waals surface area (Å²) >= 11 is 0. The zero-order valence-corrected chi connectivity index (χ0v) is 8.00. The van der Waals surface area contributed by atoms with E-state index in [1.54, 1.807) is 13.0 Å². The Balaban J connectivity index is 2.98. The zero-order valence-electron chi connectivity index (χ0n) is 8.00. The van der Waals surface area contributed by atoms with Crippen LogP contribution < -0.4 is 0 Å². The number of aromatic nitrogens is 2. The summed E-state index contributed by atoms with van der Waals surface area (Å²) < 4.78 is 0. The number of rotatable bonds is 0. The Hall–Kier alpha value is -1.40. The van der Waals surface area contributed by atoms with Crippen LogP contribution in [-0.2, 0) is 0 Å². The summed E-state index contributed by atoms with van der Waals surface area (Å²) in [4.78, 5) is 8.23. The van der Waals surface area contributed by atoms with Gasteiger partial charge in [0.05, 0.1) is 0 Å². The van der Waals surface area contributed by atoms with Gasteiger partial charge in [-0.3, -0.25) is 0 Å². The normalized spacial score (nSPS) is 11.7. The predicted octanol–water partition coefficient (Wildman–Crippen LogP) is 0.826. The smallest absolute Gasteiger partial charge is 0.126 e. The first-order chi connectivity index (χ1) is 6.08. The van der Waals surface area contributed by atoms with E-state index >= 15 is 0 Å². The van der Waals surface area contributed by atoms with Gasteiger partial charge in [-0.2, -0.15) is 0 Å². The molecule has 0 radical (unpaired) electrons. The molecule has 68 valence electrons. The molecule has 3 nitrogen and oxygen atoms in total. The monoisotopic (exact) mass is 176 g/mol. The minimum Gasteiger partial charge on any atom is -0.381 e. The van der Waals surface area contributed by atoms with Crippen molar-refractivity contribution in [1.29, 1.82) is 0 Å². The van der Waals surface area contributed by atoms with Gasteiger partial charge >= 0.3 is 0 Å². The molecule has 0 aliphatic heterocycles. The number of aliphatic hydroxyl groups excluding tert-OH is 1. The minimum absolute atomic E-state index is 0.615. The molecule has 1 aromatic heterocycles. The minimum atomic E-state index is -0.615. The molecular weight excluding hydrogens is 164 g/mol. The van der Waals surface area contributed by atoms with Crippen molar-refractivity contribution < 1.29 is 5.11 Å². The number of nitrogens with zero attached hydrogens (tertiary/aromatic N) is 2. The molecule has 0 aliphatic carbocycles. The summed E-state index contributed by atoms with van der Waals surface area (Å²) in [6.45, 7) is 5.33. The quantitative estimate of drug-likeness (QED) is 0.595. The van der Waals surface area contributed by atoms with Gasteiger partial charge in [-0.25, -0.2) is 9.97 Å². The lowest BCUT2D eigenvalue weighted by Gasteiger charge is -1.96. The van der Waals surface area contributed by atoms with E-state index in [4.69, 9.17) is 5.11 Å². The zero-order chi connectivity index (χ0) is 9.84. The van der Waals surface area contributed by atoms with Crippen LogP contribution in [0.5, 0.6) is 0 Å². The third-order valence-electron chi connectivity index (χ3n) is 1.38. The first-order valence-corrected chi connectivity index (χ1v) is 4.10. The summed E-state index contributed by atoms with van der Waals surface area (Å²) in [5, 5.41) is 8.94. The van der Waals surface area contributed by atoms with Crippen molar-refractivity contribution in [3.05, 3.63) is 23.3 Å². The van der Waals surface area contributed by atoms with Crippen molar-refractivity contribution in [2.24, 2.45) is 0 Å². The summed E-state index contributed by atoms with van der Waals surface area (Å²) in [6.07, 6.45) is -0.615. The van der Waals surface area contributed by atoms with Gasteiger partial charge in [-0.1, -0.05) is 5.92 Å². The SMILES string of the molecule is Cc1cc(C#CC(C)O)nc(C)n1. The lowest BCUT2D eigenvalue weighted by Crippen LogP contribution is -1.96. The second-order valence-electron chi connectivity index (χ2n) is 2.89. The molecule has 0 saturated carbocycles. The van der Waals surface area contributed by atoms with E-state index in [0.29, 0.717) is 11.5 Å². The third kappa shape index (κ3) is 3.22. The predicted molar refractivity (Wildman–Crippen MR) is 50.1 cm³/mol. The molecule has 0 aromatic carbocycles. The third-order valence-corrected chi connectivity index (χ3v) is 1.38. The Kier molecular flexibility index (Phi) is 2.99. The van der Waals surface area contributed by atoms with Gasteiger partial charge < -0.3 is 5.11 Å². The summed E-state index contributed by atoms with van der Waals surface area (Å²) in [6, 6.07) is 1.79. The van der Waals surface area contributed by atoms with Crippen molar-refractivity contribution in [2.45, 2.75) is 26.9 Å². The van der Waals surface area contributed by atoms with Gasteiger partial charge in [0.25, 0.3) is 0 Å². The lowest BCUT2D eigenvalue weighted by molar-refractivity contribution is 0.253. The van der Waals surface area contributed by atoms with E-state index < -0.39 is 6.10 Å². The fraction of sp³-hybridized carbons (Fsp3) is 0.400. The number of aryl methyl sites for hydroxylation is 2. The van der Waals surface area contributed by atoms with Crippen LogP contribution in [-0.4, -0.2) is 21.2 Å². The Morgan fingerprint density at radius 2 is 2.08 bits per heavy atom. The molecule has 1 unspecified atom stereocenters. The first kappa shape index (κ1) is 9.69. The molecule has 3 heteroatoms. The van der Waals surface area contributed by atoms with Crippen LogP contribution in [0.4, 0.5) is 0 Å². The highest BCUT2D eigenvalue weighted by atomic mass is 16.3. The van der Waals surface area contributed by atoms with Gasteiger partial charge in [-0.15, -0.1) is 0 Å². The van der Waals surface area contributed by atoms with E-state index in [1.165, 1.54) is 0 Å². The van der Waals surface area contributed by atoms with Crippen LogP contribution in [0.3, 0.4) is 0 Å². The van der Waals surface area contributed by atoms with Gasteiger partial charge in [0.2, 0.25) is 0 Å². The van der Waals surface area contributed by atoms with Crippen molar-refractivity contribution in [2.75, 3.05) is 0 Å². The first-order valence-electron chi connectivity index (χ1n) is 4.10. The average molecular weight is 176 g/mol. The Labute approximate surface area is 77.9 Å². The van der Waals surface area contributed by atoms with Crippen molar-refractivity contribution in [1.82, 2.24) is 9.97 Å². The number of hydrogen-bond donors (Lipinski definition) is 1. The molecule has 1 atom stereocenters. The fourth-order valence-corrected chi connectivity index (χ4v) is 0.959. The molecule has 13 heavy (non-hydrogen) atoms. The number of aliphatic hydroxyl groups is 1. The highest BCUT2D eigenvalue weighted by Crippen LogP contribution is 1.97. The fourth-order valence-electron chi connectivity index (χ4n) is 0.959. The van der Waals surface area contributed by atoms with Gasteiger partial charge in [0.1, 0.15) is 17.6 Å². The maximum Gasteiger partial charge on any atom is 0.126 e. The standard InChI is InChI=1S/C10H12N2O/c1-7-6-10(5-4-8(2)13)12-9(3)11-7/h6,8,13H,1-3H3. The van der Waals surface area contributed by atoms with E-state index in [0.717, 1.165) is 5.69 Å². The highest BCUT2D eigenvalue weighted by Gasteiger charge is 1.94. The molecular formula is C10H12N2O. The highest BCUT2D eigenvalue weighted by molar-refractivity contribution is 5.29. The number of hydrogen-bond acceptors (Lipinski definition) is 3. The van der Waals surface area contributed by atoms with Gasteiger partial charge in [0.15, 0.2) is 0 Å². The molecule has 0 saturated heterocycles. The van der Waals surface area contributed by atoms with E-state index in [9.17, 15) is 0 Å². The molecule has 0 spiro atoms. The second-order valence-corrected chi connectivity index (χ2v) is 2.89. The molecule has 0 amide bonds. The second kappa shape index (κ2) is 4.01. The Morgan fingerprint density at radius 3 is 2.62 bits per heavy atom. The van der Waals surface area contributed by atoms with Crippen LogP contribution in [0.1, 0.15) is 24.1 Å². The molecule has 1 aromatic rings. The molecule has 1 rings (SSSR count). The van der Waals surface area contributed by atoms with Crippen molar-refractivity contribution >= 4 is 0 Å². The summed E-state index contributed by atoms with van der Waals surface area (Å²) in [5.74, 6) is 6.11. The Morgan fingerprint density at radius 1 is 1.38 bits per heavy atom. The topological polar surface area (TPSA) is 46.0 Å². The van der Waals surface area contributed by atoms with Crippen molar-refractivity contribution in [3.8, 4) is 11.8 Å². The maximum atomic E-state index is 8.94. The molecule has 1 N–H and O–H groups in total. The lowest BCUT2D eigenvalue weighted by atomic mass is 10.3. The molecule has 1 heterocycles. The van der Waals surface area contributed by atoms with Crippen molar-refractivity contribution in [3.63, 3.8) is 0 Å². The van der Waals surface area contributed by atoms with E-state index in [-0.39, 0.29) is 0 Å². The largest absolute Gasteiger partial charge is 0.381 e. The molecule has 0 bridgehead atoms. The van der Waals surface area contributed by atoms with Crippen LogP contribution in [0.2, 0.25) is 0 Å². The Bertz CT molecular complexity index is 341. The van der Waals surface area contributed by atoms with Gasteiger partial charge in [-0.05, 0) is 32.8 Å². The summed E-state index contributed by atoms with van der Waals surface area (Å²) in [7, 11) is 0. The van der Waals surface area contributed by atoms with E-state index in [2.05, 4.69) is 21.8 Å². The van der Waals surface area contributed by atoms with Gasteiger partial charge in [0, 0.05) is 5.69 Å². The molecule has 0 fully saturated rings. The van der Waals surface area contributed by atoms with Crippen LogP contribution in [0.25, 0.3) is 0 Å². The van der Waals surface area contributed by atoms with Crippen LogP contribution in [0, 0.1) is 25.7 Å². The van der Waals surface area contributed by atoms with Crippen LogP contribution >= 0.6 is 0 Å². The van der Waals surface area contributed by atoms with E-state index in [1.807, 2.05) is 13.8 Å².